The molecule has 4 heterocycles. The van der Waals surface area contributed by atoms with Gasteiger partial charge in [0.05, 0.1) is 57.8 Å². The molecule has 0 aromatic carbocycles. The first-order valence-electron chi connectivity index (χ1n) is 22.1. The molecule has 4 fully saturated rings. The molecule has 0 spiro atoms. The first-order valence-corrected chi connectivity index (χ1v) is 22.1. The number of nitrogens with one attached hydrogen (secondary N) is 3. The van der Waals surface area contributed by atoms with Crippen LogP contribution in [0.2, 0.25) is 0 Å². The molecular formula is C39H67N3O29. The first kappa shape index (κ1) is 60.5. The van der Waals surface area contributed by atoms with Crippen LogP contribution in [0.25, 0.3) is 0 Å². The molecule has 3 amide bonds. The van der Waals surface area contributed by atoms with Gasteiger partial charge in [-0.25, -0.2) is 4.79 Å². The van der Waals surface area contributed by atoms with Crippen LogP contribution in [0.15, 0.2) is 0 Å². The number of aliphatic hydroxyl groups excluding tert-OH is 16. The molecule has 0 aromatic heterocycles. The van der Waals surface area contributed by atoms with Gasteiger partial charge in [0, 0.05) is 27.2 Å². The summed E-state index contributed by atoms with van der Waals surface area (Å²) in [6, 6.07) is -4.86. The molecule has 0 bridgehead atoms. The van der Waals surface area contributed by atoms with Crippen LogP contribution in [0, 0.1) is 0 Å². The normalized spacial score (nSPS) is 40.3. The summed E-state index contributed by atoms with van der Waals surface area (Å²) in [7, 11) is 0. The van der Waals surface area contributed by atoms with Crippen LogP contribution in [0.3, 0.4) is 0 Å². The fourth-order valence-corrected chi connectivity index (χ4v) is 8.43. The van der Waals surface area contributed by atoms with E-state index >= 15 is 0 Å². The Kier molecular flexibility index (Phi) is 22.5. The fourth-order valence-electron chi connectivity index (χ4n) is 8.43. The summed E-state index contributed by atoms with van der Waals surface area (Å²) in [4.78, 5) is 49.0. The molecule has 4 aliphatic heterocycles. The molecule has 32 nitrogen and oxygen atoms in total. The van der Waals surface area contributed by atoms with Crippen molar-refractivity contribution in [1.82, 2.24) is 16.0 Å². The van der Waals surface area contributed by atoms with Gasteiger partial charge in [0.15, 0.2) is 18.9 Å². The lowest BCUT2D eigenvalue weighted by atomic mass is 9.88. The van der Waals surface area contributed by atoms with Gasteiger partial charge in [-0.05, 0) is 0 Å². The molecule has 0 unspecified atom stereocenters. The van der Waals surface area contributed by atoms with Gasteiger partial charge in [-0.15, -0.1) is 0 Å². The van der Waals surface area contributed by atoms with Crippen LogP contribution in [0.5, 0.6) is 0 Å². The van der Waals surface area contributed by atoms with Gasteiger partial charge in [-0.1, -0.05) is 0 Å². The van der Waals surface area contributed by atoms with Crippen molar-refractivity contribution >= 4 is 23.7 Å². The SMILES string of the molecule is CC(=O)N[C@H]1[C@H](OC[C@H]2O[C@@H](O[C@@H]([C@H](O)[C@H](CO)NC(C)=O)[C@H](O)CO)[C@H](O)[C@@H](O[C@@H]3O[C@H](CO)[C@H](O)[C@H](O[C@]4(C(=O)O)C[C@H](O)[C@@H](NC(C)=O)[C@H]([C@H](O)[C@H](O)CO)O4)[C@H]3O)[C@H]2O)O[C@H](CO)[C@@H](O)[C@@H]1O. The highest BCUT2D eigenvalue weighted by Gasteiger charge is 2.60. The number of carbonyl (C=O) groups excluding carboxylic acids is 3. The Balaban J connectivity index is 1.74. The van der Waals surface area contributed by atoms with Crippen molar-refractivity contribution in [2.75, 3.05) is 39.6 Å². The smallest absolute Gasteiger partial charge is 0.364 e. The zero-order valence-corrected chi connectivity index (χ0v) is 38.3. The van der Waals surface area contributed by atoms with Crippen LogP contribution in [0.4, 0.5) is 0 Å². The van der Waals surface area contributed by atoms with Crippen molar-refractivity contribution in [3.63, 3.8) is 0 Å². The van der Waals surface area contributed by atoms with E-state index in [2.05, 4.69) is 16.0 Å². The minimum Gasteiger partial charge on any atom is -0.477 e. The van der Waals surface area contributed by atoms with E-state index in [0.29, 0.717) is 0 Å². The average molecular weight is 1040 g/mol. The number of aliphatic hydroxyl groups is 16. The van der Waals surface area contributed by atoms with E-state index in [-0.39, 0.29) is 0 Å². The molecule has 412 valence electrons. The van der Waals surface area contributed by atoms with Crippen molar-refractivity contribution in [1.29, 1.82) is 0 Å². The van der Waals surface area contributed by atoms with Gasteiger partial charge in [0.2, 0.25) is 17.7 Å². The summed E-state index contributed by atoms with van der Waals surface area (Å²) in [6.45, 7) is -3.30. The molecule has 4 saturated heterocycles. The third-order valence-corrected chi connectivity index (χ3v) is 12.1. The van der Waals surface area contributed by atoms with Gasteiger partial charge < -0.3 is 141 Å². The Hall–Kier alpha value is -3.08. The number of aliphatic carboxylic acids is 1. The van der Waals surface area contributed by atoms with Gasteiger partial charge in [-0.3, -0.25) is 14.4 Å². The maximum Gasteiger partial charge on any atom is 0.364 e. The van der Waals surface area contributed by atoms with Crippen molar-refractivity contribution in [2.45, 2.75) is 180 Å². The largest absolute Gasteiger partial charge is 0.477 e. The second-order valence-electron chi connectivity index (χ2n) is 17.4. The van der Waals surface area contributed by atoms with Crippen LogP contribution < -0.4 is 16.0 Å². The highest BCUT2D eigenvalue weighted by molar-refractivity contribution is 5.77. The zero-order valence-electron chi connectivity index (χ0n) is 38.3. The number of rotatable bonds is 23. The Labute approximate surface area is 402 Å². The highest BCUT2D eigenvalue weighted by Crippen LogP contribution is 2.39. The minimum atomic E-state index is -3.23. The molecular weight excluding hydrogens is 974 g/mol. The van der Waals surface area contributed by atoms with Gasteiger partial charge in [0.1, 0.15) is 110 Å². The lowest BCUT2D eigenvalue weighted by Gasteiger charge is -2.51. The number of hydrogen-bond acceptors (Lipinski definition) is 28. The topological polar surface area (TPSA) is 522 Å². The predicted molar refractivity (Wildman–Crippen MR) is 221 cm³/mol. The van der Waals surface area contributed by atoms with E-state index in [9.17, 15) is 106 Å². The van der Waals surface area contributed by atoms with Crippen LogP contribution in [0.1, 0.15) is 27.2 Å². The second kappa shape index (κ2) is 26.4. The Morgan fingerprint density at radius 1 is 0.634 bits per heavy atom. The second-order valence-corrected chi connectivity index (χ2v) is 17.4. The van der Waals surface area contributed by atoms with E-state index < -0.39 is 222 Å². The lowest BCUT2D eigenvalue weighted by Crippen LogP contribution is -2.71. The summed E-state index contributed by atoms with van der Waals surface area (Å²) in [5, 5.41) is 189. The van der Waals surface area contributed by atoms with Crippen molar-refractivity contribution < 1.29 is 144 Å². The van der Waals surface area contributed by atoms with E-state index in [0.717, 1.165) is 20.8 Å². The van der Waals surface area contributed by atoms with Crippen LogP contribution >= 0.6 is 0 Å². The number of carboxylic acid groups (broad SMARTS) is 1. The summed E-state index contributed by atoms with van der Waals surface area (Å²) >= 11 is 0. The Bertz CT molecular complexity index is 1730. The predicted octanol–water partition coefficient (Wildman–Crippen LogP) is -12.7. The molecule has 0 aromatic rings. The average Bonchev–Trinajstić information content (AvgIpc) is 3.32. The molecule has 4 aliphatic rings. The fraction of sp³-hybridized carbons (Fsp3) is 0.897. The number of carboxylic acids is 1. The molecule has 32 heteroatoms. The molecule has 20 N–H and O–H groups in total. The van der Waals surface area contributed by atoms with Crippen molar-refractivity contribution in [3.8, 4) is 0 Å². The number of ether oxygens (including phenoxy) is 8. The first-order chi connectivity index (χ1) is 33.3. The van der Waals surface area contributed by atoms with E-state index in [1.165, 1.54) is 0 Å². The molecule has 0 aliphatic carbocycles. The maximum atomic E-state index is 13.0. The monoisotopic (exact) mass is 1040 g/mol. The Morgan fingerprint density at radius 2 is 1.17 bits per heavy atom. The lowest BCUT2D eigenvalue weighted by molar-refractivity contribution is -0.391. The summed E-state index contributed by atoms with van der Waals surface area (Å²) in [5.41, 5.74) is 0. The van der Waals surface area contributed by atoms with Crippen molar-refractivity contribution in [3.05, 3.63) is 0 Å². The summed E-state index contributed by atoms with van der Waals surface area (Å²) < 4.78 is 45.5. The maximum absolute atomic E-state index is 13.0. The third kappa shape index (κ3) is 14.2. The van der Waals surface area contributed by atoms with Crippen LogP contribution in [-0.2, 0) is 57.1 Å². The number of amides is 3. The number of hydrogen-bond donors (Lipinski definition) is 20. The van der Waals surface area contributed by atoms with Gasteiger partial charge in [-0.2, -0.15) is 0 Å². The molecule has 0 saturated carbocycles. The third-order valence-electron chi connectivity index (χ3n) is 12.1. The van der Waals surface area contributed by atoms with E-state index in [1.807, 2.05) is 0 Å². The van der Waals surface area contributed by atoms with E-state index in [1.54, 1.807) is 0 Å². The van der Waals surface area contributed by atoms with Crippen molar-refractivity contribution in [2.24, 2.45) is 0 Å². The molecule has 71 heavy (non-hydrogen) atoms. The zero-order chi connectivity index (χ0) is 53.4. The molecule has 4 rings (SSSR count). The standard InChI is InChI=1S/C39H67N3O29/c1-11(48)40-14(5-43)23(54)31(17(53)7-45)68-36-29(60)33(27(58)20(67-36)10-64-35-22(42-13(3)50)28(59)25(56)18(8-46)65-35)69-37-30(61)34(26(57)19(9-47)66-37)71-39(38(62)63)4-15(51)21(41-12(2)49)32(70-39)24(55)16(52)6-44/h14-37,43-47,51-61H,4-10H2,1-3H3,(H,40,48)(H,41,49)(H,42,50)(H,62,63)/t14-,15-,16+,17+,18+,19+,20+,21+,22+,23+,24+,25+,26-,27-,28+,29+,30+,31+,32+,33-,34-,35+,36-,37-,39-/m0/s1. The van der Waals surface area contributed by atoms with Gasteiger partial charge in [0.25, 0.3) is 5.79 Å². The van der Waals surface area contributed by atoms with E-state index in [4.69, 9.17) is 37.9 Å². The highest BCUT2D eigenvalue weighted by atomic mass is 16.8. The summed E-state index contributed by atoms with van der Waals surface area (Å²) in [5.74, 6) is -7.73. The van der Waals surface area contributed by atoms with Gasteiger partial charge >= 0.3 is 5.97 Å². The summed E-state index contributed by atoms with van der Waals surface area (Å²) in [6.07, 6.45) is -45.3. The van der Waals surface area contributed by atoms with Crippen LogP contribution in [-0.4, -0.2) is 303 Å². The minimum absolute atomic E-state index is 0.764. The Morgan fingerprint density at radius 3 is 1.70 bits per heavy atom. The quantitative estimate of drug-likeness (QED) is 0.0452. The molecule has 25 atom stereocenters. The molecule has 0 radical (unpaired) electrons. The number of carbonyl (C=O) groups is 4.